The number of nitrogens with zero attached hydrogens (tertiary/aromatic N) is 1. The van der Waals surface area contributed by atoms with Crippen molar-refractivity contribution in [3.8, 4) is 0 Å². The average Bonchev–Trinajstić information content (AvgIpc) is 3.29. The van der Waals surface area contributed by atoms with Gasteiger partial charge < -0.3 is 10.1 Å². The number of nitrogens with one attached hydrogen (secondary N) is 1. The van der Waals surface area contributed by atoms with Crippen molar-refractivity contribution in [1.29, 1.82) is 0 Å². The predicted molar refractivity (Wildman–Crippen MR) is 120 cm³/mol. The zero-order valence-corrected chi connectivity index (χ0v) is 18.6. The smallest absolute Gasteiger partial charge is 0.324 e. The maximum atomic E-state index is 12.8. The number of ether oxygens (including phenoxy) is 1. The van der Waals surface area contributed by atoms with Crippen LogP contribution in [0.1, 0.15) is 42.1 Å². The van der Waals surface area contributed by atoms with E-state index in [1.165, 1.54) is 4.31 Å². The van der Waals surface area contributed by atoms with Crippen LogP contribution in [0.3, 0.4) is 0 Å². The lowest BCUT2D eigenvalue weighted by Gasteiger charge is -2.22. The molecule has 1 fully saturated rings. The van der Waals surface area contributed by atoms with Crippen LogP contribution in [0.2, 0.25) is 0 Å². The third-order valence-electron chi connectivity index (χ3n) is 5.12. The van der Waals surface area contributed by atoms with E-state index in [-0.39, 0.29) is 18.1 Å². The summed E-state index contributed by atoms with van der Waals surface area (Å²) in [6.07, 6.45) is 1.37. The van der Waals surface area contributed by atoms with E-state index in [0.29, 0.717) is 36.1 Å². The zero-order chi connectivity index (χ0) is 23.1. The normalized spacial score (nSPS) is 16.5. The van der Waals surface area contributed by atoms with Crippen LogP contribution in [0, 0.1) is 0 Å². The average molecular weight is 459 g/mol. The molecule has 1 aliphatic heterocycles. The molecule has 1 atom stereocenters. The van der Waals surface area contributed by atoms with Crippen LogP contribution in [0.5, 0.6) is 0 Å². The molecule has 1 N–H and O–H groups in total. The Balaban J connectivity index is 1.62. The van der Waals surface area contributed by atoms with Gasteiger partial charge in [-0.15, -0.1) is 0 Å². The first-order valence-electron chi connectivity index (χ1n) is 10.5. The van der Waals surface area contributed by atoms with Crippen LogP contribution < -0.4 is 5.32 Å². The van der Waals surface area contributed by atoms with Gasteiger partial charge in [0.1, 0.15) is 6.04 Å². The fourth-order valence-corrected chi connectivity index (χ4v) is 5.38. The van der Waals surface area contributed by atoms with E-state index in [4.69, 9.17) is 4.74 Å². The van der Waals surface area contributed by atoms with Crippen molar-refractivity contribution in [2.24, 2.45) is 0 Å². The fourth-order valence-electron chi connectivity index (χ4n) is 3.64. The summed E-state index contributed by atoms with van der Waals surface area (Å²) in [5.74, 6) is -1.65. The van der Waals surface area contributed by atoms with Gasteiger partial charge in [0.05, 0.1) is 11.4 Å². The van der Waals surface area contributed by atoms with E-state index in [2.05, 4.69) is 5.32 Å². The Kier molecular flexibility index (Phi) is 7.76. The van der Waals surface area contributed by atoms with Gasteiger partial charge in [0, 0.05) is 17.7 Å². The number of ketones is 1. The Labute approximate surface area is 187 Å². The number of para-hydroxylation sites is 1. The molecule has 0 bridgehead atoms. The van der Waals surface area contributed by atoms with Crippen molar-refractivity contribution >= 4 is 33.4 Å². The number of rotatable bonds is 9. The first-order chi connectivity index (χ1) is 15.3. The first-order valence-corrected chi connectivity index (χ1v) is 12.1. The molecular formula is C23H26N2O6S. The summed E-state index contributed by atoms with van der Waals surface area (Å²) in [4.78, 5) is 37.6. The summed E-state index contributed by atoms with van der Waals surface area (Å²) in [6, 6.07) is 14.3. The number of hydrogen-bond donors (Lipinski definition) is 1. The van der Waals surface area contributed by atoms with E-state index in [0.717, 1.165) is 0 Å². The Morgan fingerprint density at radius 2 is 1.75 bits per heavy atom. The highest BCUT2D eigenvalue weighted by Crippen LogP contribution is 2.23. The van der Waals surface area contributed by atoms with Gasteiger partial charge >= 0.3 is 5.97 Å². The summed E-state index contributed by atoms with van der Waals surface area (Å²) in [6.45, 7) is 1.44. The number of benzene rings is 2. The molecule has 1 saturated heterocycles. The quantitative estimate of drug-likeness (QED) is 0.457. The van der Waals surface area contributed by atoms with Gasteiger partial charge in [-0.25, -0.2) is 8.42 Å². The number of hydrogen-bond acceptors (Lipinski definition) is 6. The molecule has 2 aromatic carbocycles. The summed E-state index contributed by atoms with van der Waals surface area (Å²) >= 11 is 0. The molecule has 2 aromatic rings. The van der Waals surface area contributed by atoms with Crippen molar-refractivity contribution in [1.82, 2.24) is 4.31 Å². The Bertz CT molecular complexity index is 1080. The van der Waals surface area contributed by atoms with Crippen molar-refractivity contribution < 1.29 is 27.5 Å². The lowest BCUT2D eigenvalue weighted by Crippen LogP contribution is -2.43. The molecule has 1 aliphatic rings. The number of esters is 1. The van der Waals surface area contributed by atoms with Crippen LogP contribution in [-0.4, -0.2) is 55.3 Å². The fraction of sp³-hybridized carbons (Fsp3) is 0.348. The highest BCUT2D eigenvalue weighted by Gasteiger charge is 2.39. The lowest BCUT2D eigenvalue weighted by molar-refractivity contribution is -0.150. The minimum Gasteiger partial charge on any atom is -0.454 e. The van der Waals surface area contributed by atoms with Gasteiger partial charge in [-0.3, -0.25) is 14.4 Å². The number of anilines is 1. The Morgan fingerprint density at radius 1 is 1.06 bits per heavy atom. The van der Waals surface area contributed by atoms with Gasteiger partial charge in [0.15, 0.2) is 12.4 Å². The van der Waals surface area contributed by atoms with Crippen LogP contribution in [0.4, 0.5) is 5.69 Å². The summed E-state index contributed by atoms with van der Waals surface area (Å²) in [5, 5.41) is 2.60. The standard InChI is InChI=1S/C23H26N2O6S/c1-2-15-32(29,30)25-14-8-13-20(25)23(28)31-16-21(26)24-19-12-7-6-11-18(19)22(27)17-9-4-3-5-10-17/h3-7,9-12,20H,2,8,13-16H2,1H3,(H,24,26). The number of amides is 1. The molecule has 1 unspecified atom stereocenters. The molecule has 0 radical (unpaired) electrons. The molecule has 32 heavy (non-hydrogen) atoms. The van der Waals surface area contributed by atoms with Crippen LogP contribution in [0.25, 0.3) is 0 Å². The first kappa shape index (κ1) is 23.6. The third-order valence-corrected chi connectivity index (χ3v) is 7.20. The van der Waals surface area contributed by atoms with Crippen molar-refractivity contribution in [2.45, 2.75) is 32.2 Å². The summed E-state index contributed by atoms with van der Waals surface area (Å²) in [7, 11) is -3.54. The Hall–Kier alpha value is -3.04. The second kappa shape index (κ2) is 10.5. The molecule has 0 spiro atoms. The SMILES string of the molecule is CCCS(=O)(=O)N1CCCC1C(=O)OCC(=O)Nc1ccccc1C(=O)c1ccccc1. The molecule has 170 valence electrons. The molecular weight excluding hydrogens is 432 g/mol. The van der Waals surface area contributed by atoms with Crippen LogP contribution in [0.15, 0.2) is 54.6 Å². The largest absolute Gasteiger partial charge is 0.454 e. The van der Waals surface area contributed by atoms with E-state index >= 15 is 0 Å². The van der Waals surface area contributed by atoms with Gasteiger partial charge in [-0.05, 0) is 31.4 Å². The molecule has 1 amide bonds. The predicted octanol–water partition coefficient (Wildman–Crippen LogP) is 2.60. The molecule has 8 nitrogen and oxygen atoms in total. The maximum absolute atomic E-state index is 12.8. The highest BCUT2D eigenvalue weighted by atomic mass is 32.2. The van der Waals surface area contributed by atoms with E-state index in [1.807, 2.05) is 0 Å². The van der Waals surface area contributed by atoms with Crippen LogP contribution in [-0.2, 0) is 24.3 Å². The van der Waals surface area contributed by atoms with Crippen molar-refractivity contribution in [2.75, 3.05) is 24.2 Å². The summed E-state index contributed by atoms with van der Waals surface area (Å²) < 4.78 is 31.0. The van der Waals surface area contributed by atoms with E-state index < -0.39 is 34.5 Å². The van der Waals surface area contributed by atoms with Crippen molar-refractivity contribution in [3.63, 3.8) is 0 Å². The lowest BCUT2D eigenvalue weighted by atomic mass is 10.0. The van der Waals surface area contributed by atoms with Gasteiger partial charge in [0.25, 0.3) is 5.91 Å². The molecule has 9 heteroatoms. The highest BCUT2D eigenvalue weighted by molar-refractivity contribution is 7.89. The number of sulfonamides is 1. The second-order valence-corrected chi connectivity index (χ2v) is 9.52. The van der Waals surface area contributed by atoms with Crippen LogP contribution >= 0.6 is 0 Å². The Morgan fingerprint density at radius 3 is 2.47 bits per heavy atom. The zero-order valence-electron chi connectivity index (χ0n) is 17.8. The molecule has 0 aromatic heterocycles. The van der Waals surface area contributed by atoms with Gasteiger partial charge in [-0.1, -0.05) is 49.4 Å². The topological polar surface area (TPSA) is 110 Å². The number of carbonyl (C=O) groups is 3. The van der Waals surface area contributed by atoms with Gasteiger partial charge in [-0.2, -0.15) is 4.31 Å². The molecule has 0 saturated carbocycles. The monoisotopic (exact) mass is 458 g/mol. The molecule has 3 rings (SSSR count). The van der Waals surface area contributed by atoms with E-state index in [1.54, 1.807) is 61.5 Å². The summed E-state index contributed by atoms with van der Waals surface area (Å²) in [5.41, 5.74) is 1.09. The molecule has 0 aliphatic carbocycles. The second-order valence-electron chi connectivity index (χ2n) is 7.48. The van der Waals surface area contributed by atoms with Crippen molar-refractivity contribution in [3.05, 3.63) is 65.7 Å². The number of carbonyl (C=O) groups excluding carboxylic acids is 3. The van der Waals surface area contributed by atoms with E-state index in [9.17, 15) is 22.8 Å². The minimum absolute atomic E-state index is 0.0382. The minimum atomic E-state index is -3.54. The molecule has 1 heterocycles. The third kappa shape index (κ3) is 5.60. The van der Waals surface area contributed by atoms with Gasteiger partial charge in [0.2, 0.25) is 10.0 Å². The maximum Gasteiger partial charge on any atom is 0.324 e.